The van der Waals surface area contributed by atoms with Crippen molar-refractivity contribution in [3.8, 4) is 0 Å². The zero-order chi connectivity index (χ0) is 13.4. The molecule has 0 aliphatic heterocycles. The third-order valence-corrected chi connectivity index (χ3v) is 3.79. The standard InChI is InChI=1S/C17H29N/c1-5-10-14-11-9-12-16(13-14)17(18-8-4)15(6-2)7-3/h9,11-13,15,17-18H,5-8,10H2,1-4H3. The number of hydrogen-bond donors (Lipinski definition) is 1. The lowest BCUT2D eigenvalue weighted by atomic mass is 9.88. The van der Waals surface area contributed by atoms with Gasteiger partial charge in [0.05, 0.1) is 0 Å². The SMILES string of the molecule is CCCc1cccc(C(NCC)C(CC)CC)c1. The summed E-state index contributed by atoms with van der Waals surface area (Å²) >= 11 is 0. The van der Waals surface area contributed by atoms with Crippen molar-refractivity contribution >= 4 is 0 Å². The minimum atomic E-state index is 0.516. The van der Waals surface area contributed by atoms with Gasteiger partial charge in [-0.15, -0.1) is 0 Å². The second-order valence-corrected chi connectivity index (χ2v) is 5.11. The monoisotopic (exact) mass is 247 g/mol. The summed E-state index contributed by atoms with van der Waals surface area (Å²) in [5, 5.41) is 3.67. The Hall–Kier alpha value is -0.820. The topological polar surface area (TPSA) is 12.0 Å². The molecule has 0 bridgehead atoms. The van der Waals surface area contributed by atoms with Gasteiger partial charge in [0.1, 0.15) is 0 Å². The van der Waals surface area contributed by atoms with Gasteiger partial charge in [0, 0.05) is 6.04 Å². The van der Waals surface area contributed by atoms with Crippen LogP contribution in [0.25, 0.3) is 0 Å². The van der Waals surface area contributed by atoms with E-state index in [0.29, 0.717) is 6.04 Å². The summed E-state index contributed by atoms with van der Waals surface area (Å²) in [7, 11) is 0. The summed E-state index contributed by atoms with van der Waals surface area (Å²) in [4.78, 5) is 0. The molecule has 1 unspecified atom stereocenters. The van der Waals surface area contributed by atoms with Crippen LogP contribution in [0.5, 0.6) is 0 Å². The van der Waals surface area contributed by atoms with E-state index in [9.17, 15) is 0 Å². The van der Waals surface area contributed by atoms with Crippen LogP contribution in [0.1, 0.15) is 64.1 Å². The molecule has 1 aromatic rings. The highest BCUT2D eigenvalue weighted by atomic mass is 14.9. The predicted octanol–water partition coefficient (Wildman–Crippen LogP) is 4.73. The average Bonchev–Trinajstić information content (AvgIpc) is 2.40. The summed E-state index contributed by atoms with van der Waals surface area (Å²) in [6.07, 6.45) is 4.90. The first kappa shape index (κ1) is 15.2. The summed E-state index contributed by atoms with van der Waals surface area (Å²) in [5.74, 6) is 0.738. The number of benzene rings is 1. The fourth-order valence-electron chi connectivity index (χ4n) is 2.77. The molecule has 0 saturated heterocycles. The Morgan fingerprint density at radius 1 is 1.06 bits per heavy atom. The van der Waals surface area contributed by atoms with E-state index in [4.69, 9.17) is 0 Å². The second kappa shape index (κ2) is 8.31. The Bertz CT molecular complexity index is 328. The van der Waals surface area contributed by atoms with E-state index in [-0.39, 0.29) is 0 Å². The highest BCUT2D eigenvalue weighted by Gasteiger charge is 2.19. The first-order chi connectivity index (χ1) is 8.76. The molecule has 1 nitrogen and oxygen atoms in total. The van der Waals surface area contributed by atoms with Crippen LogP contribution in [0.2, 0.25) is 0 Å². The number of nitrogens with one attached hydrogen (secondary N) is 1. The maximum absolute atomic E-state index is 3.67. The number of hydrogen-bond acceptors (Lipinski definition) is 1. The fourth-order valence-corrected chi connectivity index (χ4v) is 2.77. The lowest BCUT2D eigenvalue weighted by molar-refractivity contribution is 0.346. The molecule has 0 amide bonds. The second-order valence-electron chi connectivity index (χ2n) is 5.11. The van der Waals surface area contributed by atoms with Crippen molar-refractivity contribution in [3.63, 3.8) is 0 Å². The Morgan fingerprint density at radius 2 is 1.78 bits per heavy atom. The molecule has 0 saturated carbocycles. The molecule has 0 radical (unpaired) electrons. The van der Waals surface area contributed by atoms with Crippen LogP contribution in [0.15, 0.2) is 24.3 Å². The molecule has 18 heavy (non-hydrogen) atoms. The van der Waals surface area contributed by atoms with Crippen LogP contribution in [-0.4, -0.2) is 6.54 Å². The fraction of sp³-hybridized carbons (Fsp3) is 0.647. The van der Waals surface area contributed by atoms with Crippen molar-refractivity contribution in [2.45, 2.75) is 59.4 Å². The number of aryl methyl sites for hydroxylation is 1. The van der Waals surface area contributed by atoms with Crippen LogP contribution < -0.4 is 5.32 Å². The normalized spacial score (nSPS) is 12.9. The molecular formula is C17H29N. The Labute approximate surface area is 113 Å². The molecule has 1 aromatic carbocycles. The lowest BCUT2D eigenvalue weighted by Gasteiger charge is -2.27. The molecule has 102 valence electrons. The minimum absolute atomic E-state index is 0.516. The van der Waals surface area contributed by atoms with Crippen LogP contribution in [0.3, 0.4) is 0 Å². The number of rotatable bonds is 8. The van der Waals surface area contributed by atoms with Crippen LogP contribution in [0, 0.1) is 5.92 Å². The van der Waals surface area contributed by atoms with Gasteiger partial charge in [0.15, 0.2) is 0 Å². The molecule has 0 heterocycles. The zero-order valence-corrected chi connectivity index (χ0v) is 12.5. The Balaban J connectivity index is 2.93. The quantitative estimate of drug-likeness (QED) is 0.700. The molecule has 0 aliphatic carbocycles. The van der Waals surface area contributed by atoms with Gasteiger partial charge in [-0.25, -0.2) is 0 Å². The molecule has 1 rings (SSSR count). The van der Waals surface area contributed by atoms with Gasteiger partial charge in [-0.3, -0.25) is 0 Å². The van der Waals surface area contributed by atoms with E-state index in [1.807, 2.05) is 0 Å². The molecule has 0 fully saturated rings. The molecule has 0 spiro atoms. The third kappa shape index (κ3) is 4.13. The summed E-state index contributed by atoms with van der Waals surface area (Å²) in [6.45, 7) is 10.1. The zero-order valence-electron chi connectivity index (χ0n) is 12.5. The van der Waals surface area contributed by atoms with Gasteiger partial charge >= 0.3 is 0 Å². The van der Waals surface area contributed by atoms with Crippen molar-refractivity contribution in [3.05, 3.63) is 35.4 Å². The lowest BCUT2D eigenvalue weighted by Crippen LogP contribution is -2.27. The highest BCUT2D eigenvalue weighted by Crippen LogP contribution is 2.28. The molecule has 1 heteroatoms. The van der Waals surface area contributed by atoms with Crippen molar-refractivity contribution in [2.75, 3.05) is 6.54 Å². The van der Waals surface area contributed by atoms with Crippen LogP contribution in [-0.2, 0) is 6.42 Å². The van der Waals surface area contributed by atoms with Crippen molar-refractivity contribution in [1.29, 1.82) is 0 Å². The van der Waals surface area contributed by atoms with Crippen molar-refractivity contribution in [1.82, 2.24) is 5.32 Å². The van der Waals surface area contributed by atoms with E-state index < -0.39 is 0 Å². The molecule has 1 atom stereocenters. The smallest absolute Gasteiger partial charge is 0.0348 e. The van der Waals surface area contributed by atoms with Gasteiger partial charge in [0.25, 0.3) is 0 Å². The molecule has 0 aromatic heterocycles. The largest absolute Gasteiger partial charge is 0.310 e. The predicted molar refractivity (Wildman–Crippen MR) is 80.9 cm³/mol. The summed E-state index contributed by atoms with van der Waals surface area (Å²) < 4.78 is 0. The summed E-state index contributed by atoms with van der Waals surface area (Å²) in [6, 6.07) is 9.66. The highest BCUT2D eigenvalue weighted by molar-refractivity contribution is 5.26. The maximum Gasteiger partial charge on any atom is 0.0348 e. The Kier molecular flexibility index (Phi) is 7.04. The third-order valence-electron chi connectivity index (χ3n) is 3.79. The van der Waals surface area contributed by atoms with Gasteiger partial charge in [0.2, 0.25) is 0 Å². The maximum atomic E-state index is 3.67. The first-order valence-corrected chi connectivity index (χ1v) is 7.58. The minimum Gasteiger partial charge on any atom is -0.310 e. The average molecular weight is 247 g/mol. The van der Waals surface area contributed by atoms with E-state index in [1.54, 1.807) is 0 Å². The first-order valence-electron chi connectivity index (χ1n) is 7.58. The van der Waals surface area contributed by atoms with E-state index in [2.05, 4.69) is 57.3 Å². The van der Waals surface area contributed by atoms with Crippen molar-refractivity contribution < 1.29 is 0 Å². The molecule has 0 aliphatic rings. The van der Waals surface area contributed by atoms with E-state index in [0.717, 1.165) is 12.5 Å². The van der Waals surface area contributed by atoms with Crippen LogP contribution in [0.4, 0.5) is 0 Å². The van der Waals surface area contributed by atoms with Gasteiger partial charge in [-0.05, 0) is 30.0 Å². The van der Waals surface area contributed by atoms with E-state index in [1.165, 1.54) is 36.8 Å². The van der Waals surface area contributed by atoms with Gasteiger partial charge < -0.3 is 5.32 Å². The van der Waals surface area contributed by atoms with E-state index >= 15 is 0 Å². The van der Waals surface area contributed by atoms with Gasteiger partial charge in [-0.1, -0.05) is 71.2 Å². The summed E-state index contributed by atoms with van der Waals surface area (Å²) in [5.41, 5.74) is 2.94. The van der Waals surface area contributed by atoms with Gasteiger partial charge in [-0.2, -0.15) is 0 Å². The molecule has 1 N–H and O–H groups in total. The van der Waals surface area contributed by atoms with Crippen LogP contribution >= 0.6 is 0 Å². The van der Waals surface area contributed by atoms with Crippen molar-refractivity contribution in [2.24, 2.45) is 5.92 Å². The Morgan fingerprint density at radius 3 is 2.33 bits per heavy atom. The molecular weight excluding hydrogens is 218 g/mol.